The van der Waals surface area contributed by atoms with Gasteiger partial charge in [-0.2, -0.15) is 0 Å². The molecule has 0 bridgehead atoms. The van der Waals surface area contributed by atoms with Crippen molar-refractivity contribution in [3.63, 3.8) is 0 Å². The minimum absolute atomic E-state index is 0.0299. The van der Waals surface area contributed by atoms with Crippen LogP contribution < -0.4 is 4.90 Å². The van der Waals surface area contributed by atoms with E-state index in [9.17, 15) is 4.79 Å². The maximum absolute atomic E-state index is 13.7. The molecule has 1 aliphatic rings. The van der Waals surface area contributed by atoms with Crippen LogP contribution in [-0.2, 0) is 13.1 Å². The third-order valence-electron chi connectivity index (χ3n) is 6.13. The van der Waals surface area contributed by atoms with Crippen LogP contribution >= 0.6 is 15.9 Å². The van der Waals surface area contributed by atoms with Crippen LogP contribution in [0.25, 0.3) is 11.3 Å². The highest BCUT2D eigenvalue weighted by Crippen LogP contribution is 2.34. The third-order valence-corrected chi connectivity index (χ3v) is 6.63. The zero-order valence-electron chi connectivity index (χ0n) is 18.9. The molecule has 2 heterocycles. The lowest BCUT2D eigenvalue weighted by atomic mass is 10.1. The lowest BCUT2D eigenvalue weighted by Crippen LogP contribution is -2.31. The molecular weight excluding hydrogens is 490 g/mol. The van der Waals surface area contributed by atoms with Crippen LogP contribution in [-0.4, -0.2) is 29.1 Å². The first kappa shape index (κ1) is 22.4. The van der Waals surface area contributed by atoms with Gasteiger partial charge in [-0.25, -0.2) is 0 Å². The molecule has 1 amide bonds. The van der Waals surface area contributed by atoms with Crippen molar-refractivity contribution in [1.82, 2.24) is 10.1 Å². The molecule has 0 spiro atoms. The van der Waals surface area contributed by atoms with Crippen LogP contribution in [0.1, 0.15) is 34.3 Å². The van der Waals surface area contributed by atoms with Crippen molar-refractivity contribution >= 4 is 27.7 Å². The smallest absolute Gasteiger partial charge is 0.254 e. The van der Waals surface area contributed by atoms with Gasteiger partial charge in [0.05, 0.1) is 12.1 Å². The van der Waals surface area contributed by atoms with Crippen LogP contribution in [0, 0.1) is 0 Å². The number of aromatic nitrogens is 1. The number of hydrogen-bond donors (Lipinski definition) is 0. The topological polar surface area (TPSA) is 49.6 Å². The lowest BCUT2D eigenvalue weighted by molar-refractivity contribution is 0.0730. The van der Waals surface area contributed by atoms with Crippen LogP contribution in [0.15, 0.2) is 93.9 Å². The van der Waals surface area contributed by atoms with Crippen LogP contribution in [0.2, 0.25) is 0 Å². The standard InChI is InChI=1S/C28H26BrN3O2/c29-24-15-9-14-23(18-24)27(33)32(19-21-10-3-1-4-11-21)20-25-26(22-12-5-2-6-13-22)30-34-28(25)31-16-7-8-17-31/h1-6,9-15,18H,7-8,16-17,19-20H2. The third kappa shape index (κ3) is 4.92. The molecule has 0 radical (unpaired) electrons. The molecule has 6 heteroatoms. The Morgan fingerprint density at radius 1 is 0.912 bits per heavy atom. The van der Waals surface area contributed by atoms with Gasteiger partial charge in [-0.05, 0) is 36.6 Å². The Morgan fingerprint density at radius 3 is 2.32 bits per heavy atom. The van der Waals surface area contributed by atoms with E-state index in [0.717, 1.165) is 58.7 Å². The first-order chi connectivity index (χ1) is 16.7. The van der Waals surface area contributed by atoms with Crippen molar-refractivity contribution in [2.75, 3.05) is 18.0 Å². The van der Waals surface area contributed by atoms with Gasteiger partial charge in [0.2, 0.25) is 5.88 Å². The van der Waals surface area contributed by atoms with E-state index in [4.69, 9.17) is 4.52 Å². The number of anilines is 1. The van der Waals surface area contributed by atoms with Gasteiger partial charge in [-0.3, -0.25) is 4.79 Å². The fraction of sp³-hybridized carbons (Fsp3) is 0.214. The number of hydrogen-bond acceptors (Lipinski definition) is 4. The van der Waals surface area contributed by atoms with Crippen LogP contribution in [0.4, 0.5) is 5.88 Å². The molecule has 34 heavy (non-hydrogen) atoms. The van der Waals surface area contributed by atoms with Gasteiger partial charge in [0.1, 0.15) is 5.69 Å². The monoisotopic (exact) mass is 515 g/mol. The second-order valence-corrected chi connectivity index (χ2v) is 9.45. The Labute approximate surface area is 208 Å². The summed E-state index contributed by atoms with van der Waals surface area (Å²) in [4.78, 5) is 17.9. The number of amides is 1. The molecule has 1 fully saturated rings. The molecule has 3 aromatic carbocycles. The van der Waals surface area contributed by atoms with Crippen molar-refractivity contribution in [2.45, 2.75) is 25.9 Å². The predicted octanol–water partition coefficient (Wildman–Crippen LogP) is 6.55. The summed E-state index contributed by atoms with van der Waals surface area (Å²) in [5.74, 6) is 0.745. The minimum atomic E-state index is -0.0299. The van der Waals surface area contributed by atoms with E-state index >= 15 is 0 Å². The van der Waals surface area contributed by atoms with E-state index in [0.29, 0.717) is 18.7 Å². The van der Waals surface area contributed by atoms with Gasteiger partial charge in [0.15, 0.2) is 0 Å². The Kier molecular flexibility index (Phi) is 6.77. The summed E-state index contributed by atoms with van der Waals surface area (Å²) in [5, 5.41) is 4.48. The normalized spacial score (nSPS) is 13.3. The van der Waals surface area contributed by atoms with Crippen molar-refractivity contribution < 1.29 is 9.32 Å². The highest BCUT2D eigenvalue weighted by atomic mass is 79.9. The second kappa shape index (κ2) is 10.3. The van der Waals surface area contributed by atoms with Gasteiger partial charge in [0, 0.05) is 35.2 Å². The van der Waals surface area contributed by atoms with Crippen molar-refractivity contribution in [1.29, 1.82) is 0 Å². The molecule has 1 saturated heterocycles. The SMILES string of the molecule is O=C(c1cccc(Br)c1)N(Cc1ccccc1)Cc1c(-c2ccccc2)noc1N1CCCC1. The van der Waals surface area contributed by atoms with Crippen LogP contribution in [0.3, 0.4) is 0 Å². The second-order valence-electron chi connectivity index (χ2n) is 8.53. The van der Waals surface area contributed by atoms with Gasteiger partial charge in [0.25, 0.3) is 5.91 Å². The first-order valence-electron chi connectivity index (χ1n) is 11.6. The molecule has 0 unspecified atom stereocenters. The van der Waals surface area contributed by atoms with Crippen molar-refractivity contribution in [3.8, 4) is 11.3 Å². The molecule has 5 nitrogen and oxygen atoms in total. The fourth-order valence-electron chi connectivity index (χ4n) is 4.43. The summed E-state index contributed by atoms with van der Waals surface area (Å²) in [5.41, 5.74) is 4.45. The summed E-state index contributed by atoms with van der Waals surface area (Å²) < 4.78 is 6.80. The Hall–Kier alpha value is -3.38. The maximum atomic E-state index is 13.7. The summed E-state index contributed by atoms with van der Waals surface area (Å²) in [7, 11) is 0. The fourth-order valence-corrected chi connectivity index (χ4v) is 4.83. The number of rotatable bonds is 7. The maximum Gasteiger partial charge on any atom is 0.254 e. The number of benzene rings is 3. The number of carbonyl (C=O) groups is 1. The molecule has 0 atom stereocenters. The molecule has 0 N–H and O–H groups in total. The largest absolute Gasteiger partial charge is 0.340 e. The molecule has 172 valence electrons. The minimum Gasteiger partial charge on any atom is -0.340 e. The van der Waals surface area contributed by atoms with Gasteiger partial charge in [-0.15, -0.1) is 0 Å². The summed E-state index contributed by atoms with van der Waals surface area (Å²) in [6.07, 6.45) is 2.26. The molecule has 0 saturated carbocycles. The van der Waals surface area contributed by atoms with E-state index in [1.165, 1.54) is 0 Å². The average molecular weight is 516 g/mol. The van der Waals surface area contributed by atoms with Gasteiger partial charge in [-0.1, -0.05) is 87.8 Å². The highest BCUT2D eigenvalue weighted by Gasteiger charge is 2.28. The Bertz CT molecular complexity index is 1250. The van der Waals surface area contributed by atoms with Crippen molar-refractivity contribution in [2.24, 2.45) is 0 Å². The quantitative estimate of drug-likeness (QED) is 0.280. The highest BCUT2D eigenvalue weighted by molar-refractivity contribution is 9.10. The average Bonchev–Trinajstić information content (AvgIpc) is 3.54. The molecule has 1 aliphatic heterocycles. The molecular formula is C28H26BrN3O2. The molecule has 5 rings (SSSR count). The number of carbonyl (C=O) groups excluding carboxylic acids is 1. The lowest BCUT2D eigenvalue weighted by Gasteiger charge is -2.25. The van der Waals surface area contributed by atoms with Crippen LogP contribution in [0.5, 0.6) is 0 Å². The Balaban J connectivity index is 1.55. The summed E-state index contributed by atoms with van der Waals surface area (Å²) in [6.45, 7) is 2.77. The molecule has 4 aromatic rings. The molecule has 0 aliphatic carbocycles. The Morgan fingerprint density at radius 2 is 1.62 bits per heavy atom. The van der Waals surface area contributed by atoms with E-state index in [1.807, 2.05) is 89.8 Å². The summed E-state index contributed by atoms with van der Waals surface area (Å²) >= 11 is 3.50. The number of halogens is 1. The zero-order chi connectivity index (χ0) is 23.3. The van der Waals surface area contributed by atoms with Gasteiger partial charge >= 0.3 is 0 Å². The predicted molar refractivity (Wildman–Crippen MR) is 138 cm³/mol. The summed E-state index contributed by atoms with van der Waals surface area (Å²) in [6, 6.07) is 27.7. The number of nitrogens with zero attached hydrogens (tertiary/aromatic N) is 3. The van der Waals surface area contributed by atoms with E-state index in [-0.39, 0.29) is 5.91 Å². The first-order valence-corrected chi connectivity index (χ1v) is 12.4. The van der Waals surface area contributed by atoms with Gasteiger partial charge < -0.3 is 14.3 Å². The van der Waals surface area contributed by atoms with Crippen molar-refractivity contribution in [3.05, 3.63) is 106 Å². The van der Waals surface area contributed by atoms with E-state index in [2.05, 4.69) is 26.0 Å². The zero-order valence-corrected chi connectivity index (χ0v) is 20.4. The molecule has 1 aromatic heterocycles. The van der Waals surface area contributed by atoms with E-state index < -0.39 is 0 Å². The van der Waals surface area contributed by atoms with E-state index in [1.54, 1.807) is 0 Å².